The van der Waals surface area contributed by atoms with Crippen molar-refractivity contribution in [2.24, 2.45) is 5.92 Å². The second-order valence-corrected chi connectivity index (χ2v) is 5.79. The highest BCUT2D eigenvalue weighted by atomic mass is 16.5. The lowest BCUT2D eigenvalue weighted by atomic mass is 9.92. The van der Waals surface area contributed by atoms with E-state index in [0.29, 0.717) is 12.1 Å². The van der Waals surface area contributed by atoms with Crippen molar-refractivity contribution in [3.05, 3.63) is 0 Å². The molecule has 0 aliphatic heterocycles. The molecule has 0 saturated heterocycles. The predicted molar refractivity (Wildman–Crippen MR) is 79.0 cm³/mol. The first-order valence-corrected chi connectivity index (χ1v) is 8.15. The largest absolute Gasteiger partial charge is 0.378 e. The lowest BCUT2D eigenvalue weighted by Gasteiger charge is -2.30. The monoisotopic (exact) mass is 255 g/mol. The summed E-state index contributed by atoms with van der Waals surface area (Å²) < 4.78 is 6.17. The summed E-state index contributed by atoms with van der Waals surface area (Å²) in [6, 6.07) is 0.699. The number of hydrogen-bond donors (Lipinski definition) is 1. The normalized spacial score (nSPS) is 26.2. The van der Waals surface area contributed by atoms with Gasteiger partial charge in [-0.3, -0.25) is 0 Å². The SMILES string of the molecule is CCCCC(CC)COC1CCCC(NCC)C1. The number of rotatable bonds is 9. The fourth-order valence-electron chi connectivity index (χ4n) is 2.94. The minimum atomic E-state index is 0.512. The van der Waals surface area contributed by atoms with Gasteiger partial charge in [-0.15, -0.1) is 0 Å². The Bertz CT molecular complexity index is 194. The lowest BCUT2D eigenvalue weighted by Crippen LogP contribution is -2.37. The second kappa shape index (κ2) is 9.80. The maximum Gasteiger partial charge on any atom is 0.0590 e. The fraction of sp³-hybridized carbons (Fsp3) is 1.00. The third-order valence-electron chi connectivity index (χ3n) is 4.23. The Hall–Kier alpha value is -0.0800. The highest BCUT2D eigenvalue weighted by molar-refractivity contribution is 4.78. The van der Waals surface area contributed by atoms with E-state index in [-0.39, 0.29) is 0 Å². The van der Waals surface area contributed by atoms with Crippen molar-refractivity contribution in [3.8, 4) is 0 Å². The van der Waals surface area contributed by atoms with Crippen LogP contribution < -0.4 is 5.32 Å². The van der Waals surface area contributed by atoms with Crippen molar-refractivity contribution in [1.29, 1.82) is 0 Å². The van der Waals surface area contributed by atoms with Crippen molar-refractivity contribution in [2.45, 2.75) is 84.3 Å². The number of nitrogens with one attached hydrogen (secondary N) is 1. The topological polar surface area (TPSA) is 21.3 Å². The molecule has 1 aliphatic carbocycles. The number of ether oxygens (including phenoxy) is 1. The Morgan fingerprint density at radius 1 is 1.22 bits per heavy atom. The maximum atomic E-state index is 6.17. The molecule has 1 N–H and O–H groups in total. The third kappa shape index (κ3) is 6.19. The summed E-state index contributed by atoms with van der Waals surface area (Å²) in [5, 5.41) is 3.57. The van der Waals surface area contributed by atoms with E-state index < -0.39 is 0 Å². The van der Waals surface area contributed by atoms with Crippen molar-refractivity contribution in [2.75, 3.05) is 13.2 Å². The Kier molecular flexibility index (Phi) is 8.70. The molecule has 3 atom stereocenters. The van der Waals surface area contributed by atoms with Crippen LogP contribution in [-0.4, -0.2) is 25.3 Å². The van der Waals surface area contributed by atoms with E-state index >= 15 is 0 Å². The molecule has 18 heavy (non-hydrogen) atoms. The van der Waals surface area contributed by atoms with Gasteiger partial charge in [-0.1, -0.05) is 40.0 Å². The average molecular weight is 255 g/mol. The summed E-state index contributed by atoms with van der Waals surface area (Å²) in [6.45, 7) is 8.84. The molecule has 3 unspecified atom stereocenters. The van der Waals surface area contributed by atoms with Crippen LogP contribution in [0.5, 0.6) is 0 Å². The molecule has 0 spiro atoms. The minimum Gasteiger partial charge on any atom is -0.378 e. The number of hydrogen-bond acceptors (Lipinski definition) is 2. The van der Waals surface area contributed by atoms with Crippen LogP contribution in [-0.2, 0) is 4.74 Å². The molecule has 0 aromatic heterocycles. The lowest BCUT2D eigenvalue weighted by molar-refractivity contribution is -0.00177. The summed E-state index contributed by atoms with van der Waals surface area (Å²) in [5.74, 6) is 0.782. The van der Waals surface area contributed by atoms with Crippen molar-refractivity contribution in [3.63, 3.8) is 0 Å². The van der Waals surface area contributed by atoms with Gasteiger partial charge < -0.3 is 10.1 Å². The molecule has 1 fully saturated rings. The molecule has 0 heterocycles. The van der Waals surface area contributed by atoms with Gasteiger partial charge in [0.2, 0.25) is 0 Å². The highest BCUT2D eigenvalue weighted by Gasteiger charge is 2.22. The van der Waals surface area contributed by atoms with Gasteiger partial charge in [0.25, 0.3) is 0 Å². The average Bonchev–Trinajstić information content (AvgIpc) is 2.40. The molecule has 0 aromatic rings. The van der Waals surface area contributed by atoms with Crippen molar-refractivity contribution in [1.82, 2.24) is 5.32 Å². The van der Waals surface area contributed by atoms with E-state index in [1.807, 2.05) is 0 Å². The molecule has 1 aliphatic rings. The first-order valence-electron chi connectivity index (χ1n) is 8.15. The van der Waals surface area contributed by atoms with Crippen LogP contribution in [0.25, 0.3) is 0 Å². The Balaban J connectivity index is 2.20. The minimum absolute atomic E-state index is 0.512. The smallest absolute Gasteiger partial charge is 0.0590 e. The molecule has 0 amide bonds. The van der Waals surface area contributed by atoms with Gasteiger partial charge >= 0.3 is 0 Å². The fourth-order valence-corrected chi connectivity index (χ4v) is 2.94. The highest BCUT2D eigenvalue weighted by Crippen LogP contribution is 2.23. The first kappa shape index (κ1) is 16.0. The van der Waals surface area contributed by atoms with Gasteiger partial charge in [0, 0.05) is 12.6 Å². The molecular formula is C16H33NO. The maximum absolute atomic E-state index is 6.17. The molecule has 0 aromatic carbocycles. The van der Waals surface area contributed by atoms with Crippen LogP contribution >= 0.6 is 0 Å². The van der Waals surface area contributed by atoms with Crippen LogP contribution in [0.2, 0.25) is 0 Å². The molecule has 2 heteroatoms. The third-order valence-corrected chi connectivity index (χ3v) is 4.23. The first-order chi connectivity index (χ1) is 8.80. The zero-order valence-corrected chi connectivity index (χ0v) is 12.7. The standard InChI is InChI=1S/C16H33NO/c1-4-7-9-14(5-2)13-18-16-11-8-10-15(12-16)17-6-3/h14-17H,4-13H2,1-3H3. The van der Waals surface area contributed by atoms with Crippen LogP contribution in [0.1, 0.15) is 72.1 Å². The van der Waals surface area contributed by atoms with E-state index in [4.69, 9.17) is 4.74 Å². The molecule has 1 saturated carbocycles. The van der Waals surface area contributed by atoms with E-state index in [1.54, 1.807) is 0 Å². The van der Waals surface area contributed by atoms with Gasteiger partial charge in [0.05, 0.1) is 6.10 Å². The molecular weight excluding hydrogens is 222 g/mol. The molecule has 2 nitrogen and oxygen atoms in total. The quantitative estimate of drug-likeness (QED) is 0.668. The van der Waals surface area contributed by atoms with Crippen LogP contribution in [0.4, 0.5) is 0 Å². The van der Waals surface area contributed by atoms with Gasteiger partial charge in [-0.05, 0) is 44.6 Å². The molecule has 0 bridgehead atoms. The van der Waals surface area contributed by atoms with E-state index in [2.05, 4.69) is 26.1 Å². The Labute approximate surface area is 114 Å². The van der Waals surface area contributed by atoms with Crippen LogP contribution in [0, 0.1) is 5.92 Å². The van der Waals surface area contributed by atoms with Gasteiger partial charge in [-0.2, -0.15) is 0 Å². The van der Waals surface area contributed by atoms with Crippen molar-refractivity contribution >= 4 is 0 Å². The van der Waals surface area contributed by atoms with E-state index in [9.17, 15) is 0 Å². The summed E-state index contributed by atoms with van der Waals surface area (Å²) in [6.07, 6.45) is 10.9. The summed E-state index contributed by atoms with van der Waals surface area (Å²) in [5.41, 5.74) is 0. The van der Waals surface area contributed by atoms with Crippen LogP contribution in [0.3, 0.4) is 0 Å². The van der Waals surface area contributed by atoms with Crippen LogP contribution in [0.15, 0.2) is 0 Å². The van der Waals surface area contributed by atoms with Crippen molar-refractivity contribution < 1.29 is 4.74 Å². The predicted octanol–water partition coefficient (Wildman–Crippen LogP) is 4.14. The summed E-state index contributed by atoms with van der Waals surface area (Å²) in [4.78, 5) is 0. The summed E-state index contributed by atoms with van der Waals surface area (Å²) in [7, 11) is 0. The second-order valence-electron chi connectivity index (χ2n) is 5.79. The van der Waals surface area contributed by atoms with Gasteiger partial charge in [-0.25, -0.2) is 0 Å². The molecule has 0 radical (unpaired) electrons. The Morgan fingerprint density at radius 3 is 2.72 bits per heavy atom. The zero-order chi connectivity index (χ0) is 13.2. The Morgan fingerprint density at radius 2 is 2.06 bits per heavy atom. The zero-order valence-electron chi connectivity index (χ0n) is 12.7. The van der Waals surface area contributed by atoms with E-state index in [0.717, 1.165) is 19.1 Å². The van der Waals surface area contributed by atoms with E-state index in [1.165, 1.54) is 51.4 Å². The number of unbranched alkanes of at least 4 members (excludes halogenated alkanes) is 1. The van der Waals surface area contributed by atoms with Gasteiger partial charge in [0.15, 0.2) is 0 Å². The molecule has 1 rings (SSSR count). The summed E-state index contributed by atoms with van der Waals surface area (Å²) >= 11 is 0. The molecule has 108 valence electrons. The van der Waals surface area contributed by atoms with Gasteiger partial charge in [0.1, 0.15) is 0 Å².